The first-order chi connectivity index (χ1) is 7.20. The molecule has 0 amide bonds. The molecule has 1 saturated heterocycles. The summed E-state index contributed by atoms with van der Waals surface area (Å²) < 4.78 is 0. The summed E-state index contributed by atoms with van der Waals surface area (Å²) in [7, 11) is 0. The molecule has 2 rings (SSSR count). The Kier molecular flexibility index (Phi) is 2.96. The van der Waals surface area contributed by atoms with Crippen molar-refractivity contribution in [1.82, 2.24) is 5.32 Å². The Balaban J connectivity index is 1.95. The zero-order chi connectivity index (χ0) is 10.7. The van der Waals surface area contributed by atoms with Crippen LogP contribution in [0.5, 0.6) is 5.75 Å². The van der Waals surface area contributed by atoms with Crippen LogP contribution in [0.1, 0.15) is 31.7 Å². The van der Waals surface area contributed by atoms with E-state index < -0.39 is 0 Å². The molecule has 2 N–H and O–H groups in total. The van der Waals surface area contributed by atoms with Gasteiger partial charge in [-0.3, -0.25) is 0 Å². The van der Waals surface area contributed by atoms with Gasteiger partial charge in [-0.25, -0.2) is 0 Å². The van der Waals surface area contributed by atoms with Crippen LogP contribution in [0.2, 0.25) is 0 Å². The normalized spacial score (nSPS) is 25.7. The third-order valence-electron chi connectivity index (χ3n) is 3.39. The van der Waals surface area contributed by atoms with Gasteiger partial charge >= 0.3 is 0 Å². The number of hydrogen-bond acceptors (Lipinski definition) is 2. The molecular weight excluding hydrogens is 186 g/mol. The van der Waals surface area contributed by atoms with Crippen molar-refractivity contribution in [3.63, 3.8) is 0 Å². The molecule has 0 aliphatic carbocycles. The maximum Gasteiger partial charge on any atom is 0.118 e. The van der Waals surface area contributed by atoms with Crippen molar-refractivity contribution in [2.45, 2.75) is 38.1 Å². The smallest absolute Gasteiger partial charge is 0.118 e. The molecule has 0 spiro atoms. The number of hydrogen-bond donors (Lipinski definition) is 2. The molecule has 2 heteroatoms. The number of phenolic OH excluding ortho intramolecular Hbond substituents is 1. The molecule has 1 aromatic carbocycles. The zero-order valence-electron chi connectivity index (χ0n) is 9.29. The van der Waals surface area contributed by atoms with E-state index in [2.05, 4.69) is 12.2 Å². The van der Waals surface area contributed by atoms with E-state index in [1.807, 2.05) is 18.2 Å². The molecule has 0 saturated carbocycles. The van der Waals surface area contributed by atoms with E-state index in [-0.39, 0.29) is 5.54 Å². The van der Waals surface area contributed by atoms with Crippen molar-refractivity contribution in [3.8, 4) is 5.75 Å². The topological polar surface area (TPSA) is 32.3 Å². The monoisotopic (exact) mass is 205 g/mol. The minimum atomic E-state index is 0.280. The van der Waals surface area contributed by atoms with Crippen molar-refractivity contribution in [3.05, 3.63) is 29.8 Å². The second-order valence-electron chi connectivity index (χ2n) is 4.72. The molecule has 1 heterocycles. The van der Waals surface area contributed by atoms with Gasteiger partial charge in [0.05, 0.1) is 0 Å². The Hall–Kier alpha value is -1.02. The Morgan fingerprint density at radius 2 is 2.20 bits per heavy atom. The largest absolute Gasteiger partial charge is 0.508 e. The average Bonchev–Trinajstić information content (AvgIpc) is 2.65. The molecule has 1 fully saturated rings. The van der Waals surface area contributed by atoms with Gasteiger partial charge in [0, 0.05) is 5.54 Å². The summed E-state index contributed by atoms with van der Waals surface area (Å²) in [6, 6.07) is 7.63. The fourth-order valence-corrected chi connectivity index (χ4v) is 2.30. The molecule has 0 bridgehead atoms. The fourth-order valence-electron chi connectivity index (χ4n) is 2.30. The van der Waals surface area contributed by atoms with Gasteiger partial charge in [0.1, 0.15) is 5.75 Å². The third-order valence-corrected chi connectivity index (χ3v) is 3.39. The maximum atomic E-state index is 9.65. The van der Waals surface area contributed by atoms with Gasteiger partial charge in [-0.15, -0.1) is 0 Å². The minimum Gasteiger partial charge on any atom is -0.508 e. The van der Waals surface area contributed by atoms with Gasteiger partial charge in [-0.1, -0.05) is 18.2 Å². The van der Waals surface area contributed by atoms with Crippen molar-refractivity contribution in [2.24, 2.45) is 0 Å². The number of aromatic hydroxyl groups is 1. The van der Waals surface area contributed by atoms with Gasteiger partial charge in [-0.05, 0) is 50.8 Å². The first-order valence-electron chi connectivity index (χ1n) is 5.72. The lowest BCUT2D eigenvalue weighted by Gasteiger charge is -2.24. The predicted molar refractivity (Wildman–Crippen MR) is 62.1 cm³/mol. The number of phenols is 1. The van der Waals surface area contributed by atoms with Crippen molar-refractivity contribution < 1.29 is 5.11 Å². The molecule has 0 radical (unpaired) electrons. The van der Waals surface area contributed by atoms with Gasteiger partial charge < -0.3 is 10.4 Å². The first kappa shape index (κ1) is 10.5. The van der Waals surface area contributed by atoms with Gasteiger partial charge in [-0.2, -0.15) is 0 Å². The lowest BCUT2D eigenvalue weighted by molar-refractivity contribution is 0.380. The first-order valence-corrected chi connectivity index (χ1v) is 5.72. The second kappa shape index (κ2) is 4.23. The number of para-hydroxylation sites is 1. The van der Waals surface area contributed by atoms with Crippen molar-refractivity contribution >= 4 is 0 Å². The van der Waals surface area contributed by atoms with Crippen LogP contribution >= 0.6 is 0 Å². The van der Waals surface area contributed by atoms with Crippen LogP contribution in [0, 0.1) is 0 Å². The number of rotatable bonds is 3. The number of nitrogens with one attached hydrogen (secondary N) is 1. The highest BCUT2D eigenvalue weighted by molar-refractivity contribution is 5.31. The Labute approximate surface area is 91.3 Å². The molecule has 1 aromatic rings. The molecule has 1 aliphatic rings. The summed E-state index contributed by atoms with van der Waals surface area (Å²) in [6.07, 6.45) is 4.58. The fraction of sp³-hybridized carbons (Fsp3) is 0.538. The SMILES string of the molecule is CC1(CCc2ccccc2O)CCCN1. The van der Waals surface area contributed by atoms with Crippen molar-refractivity contribution in [2.75, 3.05) is 6.54 Å². The highest BCUT2D eigenvalue weighted by Crippen LogP contribution is 2.26. The van der Waals surface area contributed by atoms with E-state index in [0.717, 1.165) is 24.9 Å². The van der Waals surface area contributed by atoms with Crippen LogP contribution in [-0.2, 0) is 6.42 Å². The van der Waals surface area contributed by atoms with Crippen LogP contribution in [0.4, 0.5) is 0 Å². The molecular formula is C13H19NO. The highest BCUT2D eigenvalue weighted by Gasteiger charge is 2.27. The summed E-state index contributed by atoms with van der Waals surface area (Å²) in [6.45, 7) is 3.41. The summed E-state index contributed by atoms with van der Waals surface area (Å²) >= 11 is 0. The van der Waals surface area contributed by atoms with E-state index in [1.165, 1.54) is 12.8 Å². The quantitative estimate of drug-likeness (QED) is 0.794. The van der Waals surface area contributed by atoms with E-state index in [1.54, 1.807) is 6.07 Å². The summed E-state index contributed by atoms with van der Waals surface area (Å²) in [4.78, 5) is 0. The standard InChI is InChI=1S/C13H19NO/c1-13(8-4-10-14-13)9-7-11-5-2-3-6-12(11)15/h2-3,5-6,14-15H,4,7-10H2,1H3. The Bertz CT molecular complexity index is 329. The molecule has 2 nitrogen and oxygen atoms in total. The highest BCUT2D eigenvalue weighted by atomic mass is 16.3. The van der Waals surface area contributed by atoms with Crippen LogP contribution < -0.4 is 5.32 Å². The molecule has 1 aliphatic heterocycles. The van der Waals surface area contributed by atoms with Gasteiger partial charge in [0.2, 0.25) is 0 Å². The zero-order valence-corrected chi connectivity index (χ0v) is 9.29. The van der Waals surface area contributed by atoms with Gasteiger partial charge in [0.25, 0.3) is 0 Å². The van der Waals surface area contributed by atoms with Crippen LogP contribution in [-0.4, -0.2) is 17.2 Å². The number of benzene rings is 1. The number of aryl methyl sites for hydroxylation is 1. The van der Waals surface area contributed by atoms with E-state index >= 15 is 0 Å². The van der Waals surface area contributed by atoms with E-state index in [9.17, 15) is 5.11 Å². The van der Waals surface area contributed by atoms with Crippen LogP contribution in [0.25, 0.3) is 0 Å². The lowest BCUT2D eigenvalue weighted by Crippen LogP contribution is -2.36. The average molecular weight is 205 g/mol. The molecule has 82 valence electrons. The van der Waals surface area contributed by atoms with Crippen LogP contribution in [0.3, 0.4) is 0 Å². The minimum absolute atomic E-state index is 0.280. The molecule has 15 heavy (non-hydrogen) atoms. The Morgan fingerprint density at radius 1 is 1.40 bits per heavy atom. The van der Waals surface area contributed by atoms with E-state index in [0.29, 0.717) is 5.75 Å². The summed E-state index contributed by atoms with van der Waals surface area (Å²) in [5, 5.41) is 13.2. The predicted octanol–water partition coefficient (Wildman–Crippen LogP) is 2.47. The van der Waals surface area contributed by atoms with Crippen LogP contribution in [0.15, 0.2) is 24.3 Å². The Morgan fingerprint density at radius 3 is 2.87 bits per heavy atom. The third kappa shape index (κ3) is 2.51. The van der Waals surface area contributed by atoms with Crippen molar-refractivity contribution in [1.29, 1.82) is 0 Å². The van der Waals surface area contributed by atoms with E-state index in [4.69, 9.17) is 0 Å². The summed E-state index contributed by atoms with van der Waals surface area (Å²) in [5.74, 6) is 0.430. The maximum absolute atomic E-state index is 9.65. The molecule has 1 atom stereocenters. The lowest BCUT2D eigenvalue weighted by atomic mass is 9.92. The van der Waals surface area contributed by atoms with Gasteiger partial charge in [0.15, 0.2) is 0 Å². The second-order valence-corrected chi connectivity index (χ2v) is 4.72. The summed E-state index contributed by atoms with van der Waals surface area (Å²) in [5.41, 5.74) is 1.34. The molecule has 1 unspecified atom stereocenters. The molecule has 0 aromatic heterocycles.